The molecule has 6 nitrogen and oxygen atoms in total. The second kappa shape index (κ2) is 7.07. The Morgan fingerprint density at radius 1 is 1.00 bits per heavy atom. The minimum absolute atomic E-state index is 0.0673. The highest BCUT2D eigenvalue weighted by Gasteiger charge is 2.22. The number of benzene rings is 1. The van der Waals surface area contributed by atoms with Crippen LogP contribution >= 0.6 is 0 Å². The zero-order valence-corrected chi connectivity index (χ0v) is 14.8. The smallest absolute Gasteiger partial charge is 0.254 e. The van der Waals surface area contributed by atoms with E-state index in [1.165, 1.54) is 0 Å². The van der Waals surface area contributed by atoms with E-state index in [0.717, 1.165) is 48.3 Å². The Kier molecular flexibility index (Phi) is 4.48. The molecule has 2 aromatic heterocycles. The molecule has 6 heteroatoms. The molecule has 1 fully saturated rings. The molecule has 1 amide bonds. The number of carbonyl (C=O) groups is 1. The maximum absolute atomic E-state index is 12.7. The fourth-order valence-electron chi connectivity index (χ4n) is 3.48. The molecule has 0 bridgehead atoms. The molecular weight excluding hydrogens is 326 g/mol. The maximum Gasteiger partial charge on any atom is 0.254 e. The van der Waals surface area contributed by atoms with E-state index in [1.54, 1.807) is 30.9 Å². The minimum Gasteiger partial charge on any atom is -0.354 e. The van der Waals surface area contributed by atoms with Crippen LogP contribution in [0.3, 0.4) is 0 Å². The van der Waals surface area contributed by atoms with Crippen molar-refractivity contribution in [1.82, 2.24) is 19.9 Å². The summed E-state index contributed by atoms with van der Waals surface area (Å²) in [5.41, 5.74) is 2.83. The SMILES string of the molecule is Cc1cccc2c(N3CCCN(C(=O)c4ccncc4)CC3)ncnc12. The van der Waals surface area contributed by atoms with Crippen molar-refractivity contribution in [1.29, 1.82) is 0 Å². The number of nitrogens with zero attached hydrogens (tertiary/aromatic N) is 5. The number of carbonyl (C=O) groups excluding carboxylic acids is 1. The standard InChI is InChI=1S/C20H21N5O/c1-15-4-2-5-17-18(15)22-14-23-19(17)24-10-3-11-25(13-12-24)20(26)16-6-8-21-9-7-16/h2,4-9,14H,3,10-13H2,1H3. The van der Waals surface area contributed by atoms with Crippen molar-refractivity contribution in [2.24, 2.45) is 0 Å². The lowest BCUT2D eigenvalue weighted by atomic mass is 10.1. The van der Waals surface area contributed by atoms with E-state index in [9.17, 15) is 4.79 Å². The van der Waals surface area contributed by atoms with Gasteiger partial charge in [-0.3, -0.25) is 9.78 Å². The Hall–Kier alpha value is -3.02. The van der Waals surface area contributed by atoms with Crippen molar-refractivity contribution in [3.63, 3.8) is 0 Å². The molecule has 132 valence electrons. The van der Waals surface area contributed by atoms with Crippen molar-refractivity contribution in [3.05, 3.63) is 60.2 Å². The first-order valence-electron chi connectivity index (χ1n) is 8.88. The van der Waals surface area contributed by atoms with Crippen LogP contribution in [-0.4, -0.2) is 51.9 Å². The van der Waals surface area contributed by atoms with Crippen molar-refractivity contribution in [2.75, 3.05) is 31.1 Å². The average molecular weight is 347 g/mol. The van der Waals surface area contributed by atoms with Crippen molar-refractivity contribution >= 4 is 22.6 Å². The molecule has 3 heterocycles. The summed E-state index contributed by atoms with van der Waals surface area (Å²) in [7, 11) is 0. The number of anilines is 1. The van der Waals surface area contributed by atoms with Crippen LogP contribution in [0.25, 0.3) is 10.9 Å². The van der Waals surface area contributed by atoms with Crippen LogP contribution in [0.1, 0.15) is 22.3 Å². The van der Waals surface area contributed by atoms with Gasteiger partial charge in [0, 0.05) is 49.5 Å². The van der Waals surface area contributed by atoms with Crippen LogP contribution in [0, 0.1) is 6.92 Å². The topological polar surface area (TPSA) is 62.2 Å². The largest absolute Gasteiger partial charge is 0.354 e. The maximum atomic E-state index is 12.7. The zero-order chi connectivity index (χ0) is 17.9. The predicted octanol–water partition coefficient (Wildman–Crippen LogP) is 2.69. The predicted molar refractivity (Wildman–Crippen MR) is 101 cm³/mol. The number of hydrogen-bond donors (Lipinski definition) is 0. The monoisotopic (exact) mass is 347 g/mol. The Balaban J connectivity index is 1.56. The Morgan fingerprint density at radius 3 is 2.69 bits per heavy atom. The molecule has 1 aliphatic heterocycles. The van der Waals surface area contributed by atoms with Crippen LogP contribution in [0.5, 0.6) is 0 Å². The third-order valence-electron chi connectivity index (χ3n) is 4.86. The number of hydrogen-bond acceptors (Lipinski definition) is 5. The fourth-order valence-corrected chi connectivity index (χ4v) is 3.48. The second-order valence-corrected chi connectivity index (χ2v) is 6.54. The van der Waals surface area contributed by atoms with Gasteiger partial charge < -0.3 is 9.80 Å². The summed E-state index contributed by atoms with van der Waals surface area (Å²) in [6.45, 7) is 5.13. The summed E-state index contributed by atoms with van der Waals surface area (Å²) in [5.74, 6) is 1.02. The quantitative estimate of drug-likeness (QED) is 0.713. The van der Waals surface area contributed by atoms with Crippen molar-refractivity contribution in [2.45, 2.75) is 13.3 Å². The van der Waals surface area contributed by atoms with Crippen LogP contribution in [0.2, 0.25) is 0 Å². The lowest BCUT2D eigenvalue weighted by Gasteiger charge is -2.24. The van der Waals surface area contributed by atoms with E-state index in [-0.39, 0.29) is 5.91 Å². The highest BCUT2D eigenvalue weighted by molar-refractivity contribution is 5.94. The minimum atomic E-state index is 0.0673. The Morgan fingerprint density at radius 2 is 1.85 bits per heavy atom. The summed E-state index contributed by atoms with van der Waals surface area (Å²) in [4.78, 5) is 29.9. The molecule has 0 N–H and O–H groups in total. The molecule has 0 atom stereocenters. The molecule has 1 saturated heterocycles. The molecule has 3 aromatic rings. The first kappa shape index (κ1) is 16.4. The summed E-state index contributed by atoms with van der Waals surface area (Å²) in [6, 6.07) is 9.72. The molecular formula is C20H21N5O. The van der Waals surface area contributed by atoms with Crippen LogP contribution in [0.15, 0.2) is 49.1 Å². The van der Waals surface area contributed by atoms with Crippen molar-refractivity contribution < 1.29 is 4.79 Å². The molecule has 0 spiro atoms. The second-order valence-electron chi connectivity index (χ2n) is 6.54. The number of pyridine rings is 1. The number of rotatable bonds is 2. The highest BCUT2D eigenvalue weighted by atomic mass is 16.2. The van der Waals surface area contributed by atoms with Crippen LogP contribution in [0.4, 0.5) is 5.82 Å². The number of aryl methyl sites for hydroxylation is 1. The highest BCUT2D eigenvalue weighted by Crippen LogP contribution is 2.25. The van der Waals surface area contributed by atoms with E-state index >= 15 is 0 Å². The van der Waals surface area contributed by atoms with E-state index in [1.807, 2.05) is 11.0 Å². The lowest BCUT2D eigenvalue weighted by Crippen LogP contribution is -2.35. The fraction of sp³-hybridized carbons (Fsp3) is 0.300. The summed E-state index contributed by atoms with van der Waals surface area (Å²) in [5, 5.41) is 1.07. The molecule has 1 aromatic carbocycles. The molecule has 1 aliphatic rings. The molecule has 0 saturated carbocycles. The van der Waals surface area contributed by atoms with E-state index < -0.39 is 0 Å². The molecule has 0 unspecified atom stereocenters. The average Bonchev–Trinajstić information content (AvgIpc) is 2.94. The Labute approximate surface area is 152 Å². The third-order valence-corrected chi connectivity index (χ3v) is 4.86. The summed E-state index contributed by atoms with van der Waals surface area (Å²) in [6.07, 6.45) is 5.86. The van der Waals surface area contributed by atoms with Gasteiger partial charge in [-0.1, -0.05) is 12.1 Å². The van der Waals surface area contributed by atoms with E-state index in [2.05, 4.69) is 38.9 Å². The number of para-hydroxylation sites is 1. The normalized spacial score (nSPS) is 15.1. The lowest BCUT2D eigenvalue weighted by molar-refractivity contribution is 0.0767. The number of amides is 1. The Bertz CT molecular complexity index is 928. The van der Waals surface area contributed by atoms with Gasteiger partial charge in [-0.25, -0.2) is 9.97 Å². The molecule has 0 radical (unpaired) electrons. The van der Waals surface area contributed by atoms with Gasteiger partial charge in [0.15, 0.2) is 0 Å². The van der Waals surface area contributed by atoms with E-state index in [4.69, 9.17) is 0 Å². The molecule has 0 aliphatic carbocycles. The van der Waals surface area contributed by atoms with Crippen molar-refractivity contribution in [3.8, 4) is 0 Å². The van der Waals surface area contributed by atoms with Crippen LogP contribution < -0.4 is 4.90 Å². The number of aromatic nitrogens is 3. The van der Waals surface area contributed by atoms with Crippen LogP contribution in [-0.2, 0) is 0 Å². The first-order chi connectivity index (χ1) is 12.7. The van der Waals surface area contributed by atoms with Gasteiger partial charge in [0.05, 0.1) is 5.52 Å². The summed E-state index contributed by atoms with van der Waals surface area (Å²) < 4.78 is 0. The molecule has 4 rings (SSSR count). The zero-order valence-electron chi connectivity index (χ0n) is 14.8. The van der Waals surface area contributed by atoms with E-state index in [0.29, 0.717) is 12.1 Å². The van der Waals surface area contributed by atoms with Gasteiger partial charge >= 0.3 is 0 Å². The molecule has 26 heavy (non-hydrogen) atoms. The number of fused-ring (bicyclic) bond motifs is 1. The van der Waals surface area contributed by atoms with Gasteiger partial charge in [-0.05, 0) is 37.1 Å². The van der Waals surface area contributed by atoms with Gasteiger partial charge in [0.25, 0.3) is 5.91 Å². The van der Waals surface area contributed by atoms with Gasteiger partial charge in [-0.2, -0.15) is 0 Å². The summed E-state index contributed by atoms with van der Waals surface area (Å²) >= 11 is 0. The van der Waals surface area contributed by atoms with Gasteiger partial charge in [-0.15, -0.1) is 0 Å². The third kappa shape index (κ3) is 3.10. The van der Waals surface area contributed by atoms with Gasteiger partial charge in [0.1, 0.15) is 12.1 Å². The first-order valence-corrected chi connectivity index (χ1v) is 8.88. The van der Waals surface area contributed by atoms with Gasteiger partial charge in [0.2, 0.25) is 0 Å².